The molecule has 3 rings (SSSR count). The standard InChI is InChI=1S/C13H13N3O3/c1-7(17)15-5-9(6-15)16-12(18)10-3-2-8(14)4-11(10)13(16)19/h2-4,9H,5-6,14H2,1H3. The summed E-state index contributed by atoms with van der Waals surface area (Å²) in [5, 5.41) is 0. The molecule has 1 fully saturated rings. The van der Waals surface area contributed by atoms with Crippen LogP contribution in [-0.2, 0) is 4.79 Å². The Hall–Kier alpha value is -2.37. The Kier molecular flexibility index (Phi) is 2.35. The van der Waals surface area contributed by atoms with Crippen LogP contribution in [0.2, 0.25) is 0 Å². The van der Waals surface area contributed by atoms with Crippen LogP contribution in [0.15, 0.2) is 18.2 Å². The number of amides is 3. The zero-order chi connectivity index (χ0) is 13.7. The quantitative estimate of drug-likeness (QED) is 0.572. The molecule has 0 radical (unpaired) electrons. The van der Waals surface area contributed by atoms with Gasteiger partial charge >= 0.3 is 0 Å². The van der Waals surface area contributed by atoms with E-state index in [1.807, 2.05) is 0 Å². The Bertz CT molecular complexity index is 605. The average Bonchev–Trinajstić information content (AvgIpc) is 2.52. The highest BCUT2D eigenvalue weighted by Gasteiger charge is 2.45. The number of fused-ring (bicyclic) bond motifs is 1. The van der Waals surface area contributed by atoms with Gasteiger partial charge in [0.2, 0.25) is 5.91 Å². The minimum Gasteiger partial charge on any atom is -0.399 e. The van der Waals surface area contributed by atoms with Crippen LogP contribution in [0, 0.1) is 0 Å². The number of nitrogens with zero attached hydrogens (tertiary/aromatic N) is 2. The fourth-order valence-electron chi connectivity index (χ4n) is 2.48. The predicted octanol–water partition coefficient (Wildman–Crippen LogP) is 0.0955. The van der Waals surface area contributed by atoms with E-state index in [-0.39, 0.29) is 23.8 Å². The maximum Gasteiger partial charge on any atom is 0.262 e. The van der Waals surface area contributed by atoms with Gasteiger partial charge in [0.05, 0.1) is 17.2 Å². The van der Waals surface area contributed by atoms with Crippen LogP contribution in [-0.4, -0.2) is 46.7 Å². The predicted molar refractivity (Wildman–Crippen MR) is 67.4 cm³/mol. The molecule has 0 unspecified atom stereocenters. The third-order valence-corrected chi connectivity index (χ3v) is 3.61. The minimum atomic E-state index is -0.319. The first-order valence-electron chi connectivity index (χ1n) is 6.02. The van der Waals surface area contributed by atoms with Gasteiger partial charge in [0.15, 0.2) is 0 Å². The molecule has 1 aromatic rings. The fourth-order valence-corrected chi connectivity index (χ4v) is 2.48. The summed E-state index contributed by atoms with van der Waals surface area (Å²) in [5.41, 5.74) is 6.83. The second kappa shape index (κ2) is 3.81. The summed E-state index contributed by atoms with van der Waals surface area (Å²) in [6.07, 6.45) is 0. The third kappa shape index (κ3) is 1.60. The largest absolute Gasteiger partial charge is 0.399 e. The van der Waals surface area contributed by atoms with E-state index in [9.17, 15) is 14.4 Å². The van der Waals surface area contributed by atoms with Crippen LogP contribution in [0.4, 0.5) is 5.69 Å². The second-order valence-corrected chi connectivity index (χ2v) is 4.86. The minimum absolute atomic E-state index is 0.0443. The van der Waals surface area contributed by atoms with Gasteiger partial charge in [-0.2, -0.15) is 0 Å². The molecule has 0 spiro atoms. The summed E-state index contributed by atoms with van der Waals surface area (Å²) >= 11 is 0. The number of anilines is 1. The number of nitrogen functional groups attached to an aromatic ring is 1. The smallest absolute Gasteiger partial charge is 0.262 e. The molecule has 2 heterocycles. The first kappa shape index (κ1) is 11.7. The molecule has 1 aromatic carbocycles. The van der Waals surface area contributed by atoms with Crippen LogP contribution >= 0.6 is 0 Å². The molecule has 0 bridgehead atoms. The van der Waals surface area contributed by atoms with Gasteiger partial charge in [-0.25, -0.2) is 0 Å². The molecule has 6 heteroatoms. The summed E-state index contributed by atoms with van der Waals surface area (Å²) in [5.74, 6) is -0.661. The van der Waals surface area contributed by atoms with Crippen molar-refractivity contribution in [2.45, 2.75) is 13.0 Å². The highest BCUT2D eigenvalue weighted by molar-refractivity contribution is 6.22. The molecule has 0 aromatic heterocycles. The van der Waals surface area contributed by atoms with Gasteiger partial charge in [0.1, 0.15) is 0 Å². The summed E-state index contributed by atoms with van der Waals surface area (Å²) < 4.78 is 0. The summed E-state index contributed by atoms with van der Waals surface area (Å²) in [6.45, 7) is 2.30. The Morgan fingerprint density at radius 3 is 2.47 bits per heavy atom. The Balaban J connectivity index is 1.86. The lowest BCUT2D eigenvalue weighted by Crippen LogP contribution is -2.61. The summed E-state index contributed by atoms with van der Waals surface area (Å²) in [4.78, 5) is 38.4. The van der Waals surface area contributed by atoms with E-state index in [0.717, 1.165) is 0 Å². The van der Waals surface area contributed by atoms with Crippen LogP contribution in [0.5, 0.6) is 0 Å². The van der Waals surface area contributed by atoms with Crippen molar-refractivity contribution in [3.63, 3.8) is 0 Å². The number of benzene rings is 1. The van der Waals surface area contributed by atoms with E-state index < -0.39 is 0 Å². The number of imide groups is 1. The number of carbonyl (C=O) groups is 3. The van der Waals surface area contributed by atoms with Gasteiger partial charge in [-0.15, -0.1) is 0 Å². The molecule has 19 heavy (non-hydrogen) atoms. The van der Waals surface area contributed by atoms with E-state index in [2.05, 4.69) is 0 Å². The molecule has 0 saturated carbocycles. The lowest BCUT2D eigenvalue weighted by Gasteiger charge is -2.42. The van der Waals surface area contributed by atoms with Crippen molar-refractivity contribution >= 4 is 23.4 Å². The van der Waals surface area contributed by atoms with Crippen molar-refractivity contribution in [1.29, 1.82) is 0 Å². The van der Waals surface area contributed by atoms with Gasteiger partial charge in [-0.3, -0.25) is 19.3 Å². The van der Waals surface area contributed by atoms with Crippen molar-refractivity contribution in [3.8, 4) is 0 Å². The number of likely N-dealkylation sites (tertiary alicyclic amines) is 1. The van der Waals surface area contributed by atoms with Crippen LogP contribution in [0.1, 0.15) is 27.6 Å². The van der Waals surface area contributed by atoms with Crippen molar-refractivity contribution in [1.82, 2.24) is 9.80 Å². The van der Waals surface area contributed by atoms with Crippen molar-refractivity contribution in [3.05, 3.63) is 29.3 Å². The van der Waals surface area contributed by atoms with Crippen LogP contribution in [0.3, 0.4) is 0 Å². The molecule has 98 valence electrons. The van der Waals surface area contributed by atoms with E-state index >= 15 is 0 Å². The zero-order valence-electron chi connectivity index (χ0n) is 10.4. The number of nitrogens with two attached hydrogens (primary N) is 1. The normalized spacial score (nSPS) is 18.6. The van der Waals surface area contributed by atoms with Gasteiger partial charge in [0.25, 0.3) is 11.8 Å². The molecule has 1 saturated heterocycles. The van der Waals surface area contributed by atoms with E-state index in [4.69, 9.17) is 5.73 Å². The topological polar surface area (TPSA) is 83.7 Å². The van der Waals surface area contributed by atoms with Crippen molar-refractivity contribution in [2.24, 2.45) is 0 Å². The lowest BCUT2D eigenvalue weighted by molar-refractivity contribution is -0.134. The molecule has 2 aliphatic heterocycles. The van der Waals surface area contributed by atoms with Crippen molar-refractivity contribution in [2.75, 3.05) is 18.8 Å². The number of rotatable bonds is 1. The first-order chi connectivity index (χ1) is 8.99. The molecular formula is C13H13N3O3. The van der Waals surface area contributed by atoms with Gasteiger partial charge in [-0.1, -0.05) is 0 Å². The highest BCUT2D eigenvalue weighted by Crippen LogP contribution is 2.29. The molecule has 2 N–H and O–H groups in total. The zero-order valence-corrected chi connectivity index (χ0v) is 10.4. The maximum absolute atomic E-state index is 12.2. The van der Waals surface area contributed by atoms with E-state index in [0.29, 0.717) is 29.9 Å². The molecule has 3 amide bonds. The maximum atomic E-state index is 12.2. The molecular weight excluding hydrogens is 246 g/mol. The van der Waals surface area contributed by atoms with Crippen LogP contribution in [0.25, 0.3) is 0 Å². The number of hydrogen-bond acceptors (Lipinski definition) is 4. The fraction of sp³-hybridized carbons (Fsp3) is 0.308. The van der Waals surface area contributed by atoms with E-state index in [1.165, 1.54) is 17.9 Å². The van der Waals surface area contributed by atoms with E-state index in [1.54, 1.807) is 17.0 Å². The number of carbonyl (C=O) groups excluding carboxylic acids is 3. The monoisotopic (exact) mass is 259 g/mol. The van der Waals surface area contributed by atoms with Gasteiger partial charge in [-0.05, 0) is 18.2 Å². The number of hydrogen-bond donors (Lipinski definition) is 1. The van der Waals surface area contributed by atoms with Crippen molar-refractivity contribution < 1.29 is 14.4 Å². The molecule has 0 aliphatic carbocycles. The molecule has 6 nitrogen and oxygen atoms in total. The Morgan fingerprint density at radius 2 is 1.84 bits per heavy atom. The molecule has 0 atom stereocenters. The third-order valence-electron chi connectivity index (χ3n) is 3.61. The Labute approximate surface area is 109 Å². The summed E-state index contributed by atoms with van der Waals surface area (Å²) in [6, 6.07) is 4.48. The average molecular weight is 259 g/mol. The van der Waals surface area contributed by atoms with Gasteiger partial charge < -0.3 is 10.6 Å². The second-order valence-electron chi connectivity index (χ2n) is 4.86. The van der Waals surface area contributed by atoms with Crippen LogP contribution < -0.4 is 5.73 Å². The first-order valence-corrected chi connectivity index (χ1v) is 6.02. The SMILES string of the molecule is CC(=O)N1CC(N2C(=O)c3ccc(N)cc3C2=O)C1. The highest BCUT2D eigenvalue weighted by atomic mass is 16.2. The Morgan fingerprint density at radius 1 is 1.21 bits per heavy atom. The molecule has 2 aliphatic rings. The van der Waals surface area contributed by atoms with Gasteiger partial charge in [0, 0.05) is 25.7 Å². The lowest BCUT2D eigenvalue weighted by atomic mass is 10.1. The summed E-state index contributed by atoms with van der Waals surface area (Å²) in [7, 11) is 0.